The number of hydrogen-bond acceptors (Lipinski definition) is 2. The molecule has 2 rings (SSSR count). The molecule has 0 aliphatic carbocycles. The summed E-state index contributed by atoms with van der Waals surface area (Å²) in [7, 11) is 0. The van der Waals surface area contributed by atoms with E-state index in [1.54, 1.807) is 4.90 Å². The van der Waals surface area contributed by atoms with Crippen LogP contribution in [-0.2, 0) is 9.59 Å². The molecule has 108 valence electrons. The molecule has 0 bridgehead atoms. The summed E-state index contributed by atoms with van der Waals surface area (Å²) in [5.41, 5.74) is 0.874. The third kappa shape index (κ3) is 3.59. The quantitative estimate of drug-likeness (QED) is 0.809. The average molecular weight is 274 g/mol. The largest absolute Gasteiger partial charge is 0.356 e. The van der Waals surface area contributed by atoms with Gasteiger partial charge in [-0.05, 0) is 18.6 Å². The smallest absolute Gasteiger partial charge is 0.227 e. The molecular formula is C16H22N2O2. The molecule has 4 heteroatoms. The second-order valence-corrected chi connectivity index (χ2v) is 5.24. The Bertz CT molecular complexity index is 459. The van der Waals surface area contributed by atoms with E-state index < -0.39 is 0 Å². The van der Waals surface area contributed by atoms with E-state index in [1.165, 1.54) is 0 Å². The first-order valence-corrected chi connectivity index (χ1v) is 7.35. The van der Waals surface area contributed by atoms with Gasteiger partial charge in [0.05, 0.1) is 5.92 Å². The zero-order chi connectivity index (χ0) is 14.4. The van der Waals surface area contributed by atoms with E-state index in [0.717, 1.165) is 24.9 Å². The van der Waals surface area contributed by atoms with Crippen LogP contribution in [-0.4, -0.2) is 24.9 Å². The van der Waals surface area contributed by atoms with Crippen molar-refractivity contribution in [1.82, 2.24) is 5.32 Å². The first kappa shape index (κ1) is 14.6. The van der Waals surface area contributed by atoms with Crippen molar-refractivity contribution in [2.24, 2.45) is 5.92 Å². The van der Waals surface area contributed by atoms with Crippen molar-refractivity contribution in [1.29, 1.82) is 0 Å². The summed E-state index contributed by atoms with van der Waals surface area (Å²) < 4.78 is 0. The molecule has 1 heterocycles. The van der Waals surface area contributed by atoms with Crippen molar-refractivity contribution in [2.45, 2.75) is 32.6 Å². The summed E-state index contributed by atoms with van der Waals surface area (Å²) in [4.78, 5) is 25.8. The van der Waals surface area contributed by atoms with E-state index in [2.05, 4.69) is 12.2 Å². The fourth-order valence-electron chi connectivity index (χ4n) is 2.47. The highest BCUT2D eigenvalue weighted by atomic mass is 16.2. The minimum absolute atomic E-state index is 0.00730. The van der Waals surface area contributed by atoms with Crippen LogP contribution in [0.2, 0.25) is 0 Å². The minimum Gasteiger partial charge on any atom is -0.356 e. The number of unbranched alkanes of at least 4 members (excludes halogenated alkanes) is 2. The highest BCUT2D eigenvalue weighted by molar-refractivity contribution is 6.00. The van der Waals surface area contributed by atoms with Gasteiger partial charge in [-0.2, -0.15) is 0 Å². The van der Waals surface area contributed by atoms with Gasteiger partial charge < -0.3 is 10.2 Å². The number of benzene rings is 1. The summed E-state index contributed by atoms with van der Waals surface area (Å²) in [5.74, 6) is -0.179. The van der Waals surface area contributed by atoms with Crippen molar-refractivity contribution in [3.63, 3.8) is 0 Å². The molecule has 1 unspecified atom stereocenters. The molecule has 1 N–H and O–H groups in total. The van der Waals surface area contributed by atoms with Gasteiger partial charge >= 0.3 is 0 Å². The van der Waals surface area contributed by atoms with Crippen molar-refractivity contribution in [3.8, 4) is 0 Å². The van der Waals surface area contributed by atoms with E-state index in [-0.39, 0.29) is 17.7 Å². The van der Waals surface area contributed by atoms with E-state index in [0.29, 0.717) is 19.5 Å². The predicted molar refractivity (Wildman–Crippen MR) is 79.4 cm³/mol. The molecule has 1 atom stereocenters. The van der Waals surface area contributed by atoms with Crippen molar-refractivity contribution >= 4 is 17.5 Å². The molecule has 1 aliphatic rings. The van der Waals surface area contributed by atoms with Gasteiger partial charge in [-0.25, -0.2) is 0 Å². The fraction of sp³-hybridized carbons (Fsp3) is 0.500. The Morgan fingerprint density at radius 2 is 2.05 bits per heavy atom. The van der Waals surface area contributed by atoms with Gasteiger partial charge in [0.15, 0.2) is 0 Å². The Morgan fingerprint density at radius 1 is 1.30 bits per heavy atom. The lowest BCUT2D eigenvalue weighted by atomic mass is 10.1. The molecule has 1 aromatic rings. The SMILES string of the molecule is CCCCCNC(=O)C1CC(=O)N(c2ccccc2)C1. The normalized spacial score (nSPS) is 18.4. The molecule has 0 saturated carbocycles. The first-order chi connectivity index (χ1) is 9.72. The number of hydrogen-bond donors (Lipinski definition) is 1. The lowest BCUT2D eigenvalue weighted by Crippen LogP contribution is -2.33. The Hall–Kier alpha value is -1.84. The van der Waals surface area contributed by atoms with Crippen LogP contribution in [0.15, 0.2) is 30.3 Å². The number of carbonyl (C=O) groups excluding carboxylic acids is 2. The van der Waals surface area contributed by atoms with Crippen molar-refractivity contribution in [3.05, 3.63) is 30.3 Å². The molecule has 20 heavy (non-hydrogen) atoms. The Morgan fingerprint density at radius 3 is 2.75 bits per heavy atom. The third-order valence-corrected chi connectivity index (χ3v) is 3.64. The maximum Gasteiger partial charge on any atom is 0.227 e. The topological polar surface area (TPSA) is 49.4 Å². The van der Waals surface area contributed by atoms with Crippen molar-refractivity contribution in [2.75, 3.05) is 18.0 Å². The maximum absolute atomic E-state index is 12.0. The van der Waals surface area contributed by atoms with E-state index >= 15 is 0 Å². The lowest BCUT2D eigenvalue weighted by Gasteiger charge is -2.16. The van der Waals surface area contributed by atoms with Crippen LogP contribution in [0.1, 0.15) is 32.6 Å². The van der Waals surface area contributed by atoms with Gasteiger partial charge in [-0.3, -0.25) is 9.59 Å². The maximum atomic E-state index is 12.0. The summed E-state index contributed by atoms with van der Waals surface area (Å²) in [6.45, 7) is 3.33. The molecule has 1 fully saturated rings. The standard InChI is InChI=1S/C16H22N2O2/c1-2-3-7-10-17-16(20)13-11-15(19)18(12-13)14-8-5-4-6-9-14/h4-6,8-9,13H,2-3,7,10-12H2,1H3,(H,17,20). The number of nitrogens with zero attached hydrogens (tertiary/aromatic N) is 1. The Balaban J connectivity index is 1.87. The summed E-state index contributed by atoms with van der Waals surface area (Å²) >= 11 is 0. The highest BCUT2D eigenvalue weighted by Crippen LogP contribution is 2.24. The van der Waals surface area contributed by atoms with Crippen LogP contribution in [0.25, 0.3) is 0 Å². The molecule has 1 saturated heterocycles. The van der Waals surface area contributed by atoms with Crippen molar-refractivity contribution < 1.29 is 9.59 Å². The Kier molecular flexibility index (Phi) is 5.16. The average Bonchev–Trinajstić information content (AvgIpc) is 2.86. The van der Waals surface area contributed by atoms with Crippen LogP contribution >= 0.6 is 0 Å². The second-order valence-electron chi connectivity index (χ2n) is 5.24. The number of carbonyl (C=O) groups is 2. The fourth-order valence-corrected chi connectivity index (χ4v) is 2.47. The van der Waals surface area contributed by atoms with Crippen LogP contribution in [0.4, 0.5) is 5.69 Å². The van der Waals surface area contributed by atoms with Gasteiger partial charge in [0, 0.05) is 25.2 Å². The molecule has 0 radical (unpaired) electrons. The molecule has 4 nitrogen and oxygen atoms in total. The van der Waals surface area contributed by atoms with Crippen LogP contribution < -0.4 is 10.2 Å². The monoisotopic (exact) mass is 274 g/mol. The van der Waals surface area contributed by atoms with Gasteiger partial charge in [-0.1, -0.05) is 38.0 Å². The van der Waals surface area contributed by atoms with E-state index in [1.807, 2.05) is 30.3 Å². The summed E-state index contributed by atoms with van der Waals surface area (Å²) in [6, 6.07) is 9.53. The van der Waals surface area contributed by atoms with E-state index in [9.17, 15) is 9.59 Å². The summed E-state index contributed by atoms with van der Waals surface area (Å²) in [5, 5.41) is 2.93. The number of para-hydroxylation sites is 1. The first-order valence-electron chi connectivity index (χ1n) is 7.35. The highest BCUT2D eigenvalue weighted by Gasteiger charge is 2.34. The number of nitrogens with one attached hydrogen (secondary N) is 1. The van der Waals surface area contributed by atoms with Crippen LogP contribution in [0, 0.1) is 5.92 Å². The third-order valence-electron chi connectivity index (χ3n) is 3.64. The van der Waals surface area contributed by atoms with Crippen LogP contribution in [0.5, 0.6) is 0 Å². The number of rotatable bonds is 6. The molecule has 1 aliphatic heterocycles. The minimum atomic E-state index is -0.218. The second kappa shape index (κ2) is 7.08. The van der Waals surface area contributed by atoms with Gasteiger partial charge in [0.25, 0.3) is 0 Å². The number of anilines is 1. The van der Waals surface area contributed by atoms with Crippen LogP contribution in [0.3, 0.4) is 0 Å². The molecule has 1 aromatic carbocycles. The summed E-state index contributed by atoms with van der Waals surface area (Å²) in [6.07, 6.45) is 3.58. The zero-order valence-electron chi connectivity index (χ0n) is 12.0. The van der Waals surface area contributed by atoms with Gasteiger partial charge in [0.2, 0.25) is 11.8 Å². The van der Waals surface area contributed by atoms with Gasteiger partial charge in [0.1, 0.15) is 0 Å². The number of amides is 2. The van der Waals surface area contributed by atoms with Gasteiger partial charge in [-0.15, -0.1) is 0 Å². The zero-order valence-corrected chi connectivity index (χ0v) is 12.0. The molecule has 0 aromatic heterocycles. The molecular weight excluding hydrogens is 252 g/mol. The Labute approximate surface area is 120 Å². The lowest BCUT2D eigenvalue weighted by molar-refractivity contribution is -0.126. The molecule has 2 amide bonds. The van der Waals surface area contributed by atoms with E-state index in [4.69, 9.17) is 0 Å². The molecule has 0 spiro atoms. The predicted octanol–water partition coefficient (Wildman–Crippen LogP) is 2.35.